The number of nitrogens with zero attached hydrogens (tertiary/aromatic N) is 5. The molecule has 708 valence electrons. The lowest BCUT2D eigenvalue weighted by molar-refractivity contribution is -0.185. The van der Waals surface area contributed by atoms with Gasteiger partial charge in [-0.15, -0.1) is 0 Å². The Morgan fingerprint density at radius 1 is 0.341 bits per heavy atom. The third-order valence-corrected chi connectivity index (χ3v) is 37.9. The molecular formula is C104H134N10O18. The van der Waals surface area contributed by atoms with Gasteiger partial charge in [0.25, 0.3) is 29.5 Å². The second kappa shape index (κ2) is 33.2. The molecule has 0 aromatic heterocycles. The summed E-state index contributed by atoms with van der Waals surface area (Å²) < 4.78 is 0. The second-order valence-electron chi connectivity index (χ2n) is 44.2. The van der Waals surface area contributed by atoms with Crippen LogP contribution in [-0.2, 0) is 73.6 Å². The summed E-state index contributed by atoms with van der Waals surface area (Å²) in [6.45, 7) is 8.42. The summed E-state index contributed by atoms with van der Waals surface area (Å²) in [6, 6.07) is 17.9. The number of aliphatic hydroxyl groups is 5. The molecule has 28 nitrogen and oxygen atoms in total. The van der Waals surface area contributed by atoms with E-state index < -0.39 is 79.7 Å². The number of carbonyl (C=O) groups excluding carboxylic acids is 8. The average molecular weight is 1810 g/mol. The first-order chi connectivity index (χ1) is 63.0. The number of nitrogens with two attached hydrogens (primary N) is 5. The maximum absolute atomic E-state index is 12.5. The van der Waals surface area contributed by atoms with Crippen LogP contribution in [-0.4, -0.2) is 247 Å². The highest BCUT2D eigenvalue weighted by molar-refractivity contribution is 6.00. The molecule has 0 radical (unpaired) electrons. The first-order valence-electron chi connectivity index (χ1n) is 49.5. The van der Waals surface area contributed by atoms with Crippen LogP contribution in [0.25, 0.3) is 0 Å². The van der Waals surface area contributed by atoms with Crippen LogP contribution in [0.4, 0.5) is 0 Å². The first-order valence-corrected chi connectivity index (χ1v) is 49.5. The van der Waals surface area contributed by atoms with Gasteiger partial charge in [-0.25, -0.2) is 0 Å². The number of primary amides is 5. The van der Waals surface area contributed by atoms with E-state index in [9.17, 15) is 89.4 Å². The van der Waals surface area contributed by atoms with Crippen molar-refractivity contribution in [3.05, 3.63) is 144 Å². The maximum Gasteiger partial charge on any atom is 0.252 e. The Morgan fingerprint density at radius 2 is 0.667 bits per heavy atom. The highest BCUT2D eigenvalue weighted by Gasteiger charge is 2.71. The van der Waals surface area contributed by atoms with Gasteiger partial charge in [0, 0.05) is 150 Å². The quantitative estimate of drug-likeness (QED) is 0.0535. The molecule has 5 heterocycles. The molecule has 10 bridgehead atoms. The zero-order valence-electron chi connectivity index (χ0n) is 76.3. The number of aromatic hydroxyl groups is 5. The number of piperidine rings is 5. The number of rotatable bonds is 13. The lowest BCUT2D eigenvalue weighted by Crippen LogP contribution is -2.73. The molecule has 9 saturated carbocycles. The fourth-order valence-corrected chi connectivity index (χ4v) is 30.7. The van der Waals surface area contributed by atoms with Gasteiger partial charge in [0.2, 0.25) is 0 Å². The van der Waals surface area contributed by atoms with Gasteiger partial charge in [-0.1, -0.05) is 56.0 Å². The Hall–Kier alpha value is -8.94. The fourth-order valence-electron chi connectivity index (χ4n) is 30.7. The minimum Gasteiger partial charge on any atom is -0.507 e. The summed E-state index contributed by atoms with van der Waals surface area (Å²) in [6.07, 6.45) is 28.6. The van der Waals surface area contributed by atoms with Crippen LogP contribution in [0, 0.1) is 29.6 Å². The molecule has 16 unspecified atom stereocenters. The van der Waals surface area contributed by atoms with Crippen molar-refractivity contribution >= 4 is 46.9 Å². The summed E-state index contributed by atoms with van der Waals surface area (Å²) in [5.74, 6) is 0.200. The molecule has 0 spiro atoms. The maximum atomic E-state index is 12.5. The fraction of sp³-hybridized carbons (Fsp3) is 0.635. The molecule has 5 saturated heterocycles. The van der Waals surface area contributed by atoms with Crippen molar-refractivity contribution in [1.82, 2.24) is 24.5 Å². The van der Waals surface area contributed by atoms with Crippen molar-refractivity contribution in [3.8, 4) is 28.7 Å². The van der Waals surface area contributed by atoms with E-state index in [1.807, 2.05) is 30.3 Å². The van der Waals surface area contributed by atoms with E-state index in [-0.39, 0.29) is 116 Å². The Morgan fingerprint density at radius 3 is 1.05 bits per heavy atom. The zero-order valence-corrected chi connectivity index (χ0v) is 76.3. The van der Waals surface area contributed by atoms with Crippen LogP contribution in [0.2, 0.25) is 0 Å². The van der Waals surface area contributed by atoms with Gasteiger partial charge in [-0.3, -0.25) is 58.0 Å². The largest absolute Gasteiger partial charge is 0.507 e. The molecule has 28 heteroatoms. The highest BCUT2D eigenvalue weighted by atomic mass is 16.3. The van der Waals surface area contributed by atoms with Crippen LogP contribution in [0.15, 0.2) is 60.7 Å². The van der Waals surface area contributed by atoms with Crippen LogP contribution >= 0.6 is 0 Å². The molecule has 5 aromatic rings. The van der Waals surface area contributed by atoms with Gasteiger partial charge in [0.1, 0.15) is 46.1 Å². The summed E-state index contributed by atoms with van der Waals surface area (Å²) >= 11 is 0. The highest BCUT2D eigenvalue weighted by Crippen LogP contribution is 2.67. The molecule has 5 aliphatic heterocycles. The molecule has 19 aliphatic rings. The molecule has 5 amide bonds. The monoisotopic (exact) mass is 1810 g/mol. The predicted octanol–water partition coefficient (Wildman–Crippen LogP) is 7.76. The summed E-state index contributed by atoms with van der Waals surface area (Å²) in [4.78, 5) is 108. The van der Waals surface area contributed by atoms with Crippen molar-refractivity contribution in [2.75, 3.05) is 66.0 Å². The second-order valence-corrected chi connectivity index (χ2v) is 44.2. The minimum absolute atomic E-state index is 0.0118. The molecule has 14 aliphatic carbocycles. The van der Waals surface area contributed by atoms with Crippen LogP contribution in [0.3, 0.4) is 0 Å². The number of hydrogen-bond donors (Lipinski definition) is 15. The smallest absolute Gasteiger partial charge is 0.252 e. The molecule has 24 rings (SSSR count). The molecule has 132 heavy (non-hydrogen) atoms. The van der Waals surface area contributed by atoms with Crippen molar-refractivity contribution in [2.24, 2.45) is 58.3 Å². The van der Waals surface area contributed by atoms with Gasteiger partial charge in [-0.05, 0) is 294 Å². The first kappa shape index (κ1) is 90.8. The van der Waals surface area contributed by atoms with Gasteiger partial charge < -0.3 is 84.6 Å². The Kier molecular flexibility index (Phi) is 22.9. The van der Waals surface area contributed by atoms with E-state index >= 15 is 0 Å². The number of carbonyl (C=O) groups is 8. The third kappa shape index (κ3) is 14.1. The molecule has 20 N–H and O–H groups in total. The number of amides is 5. The number of fused-ring (bicyclic) bond motifs is 5. The molecule has 5 aromatic carbocycles. The van der Waals surface area contributed by atoms with E-state index in [0.29, 0.717) is 131 Å². The summed E-state index contributed by atoms with van der Waals surface area (Å²) in [5, 5.41) is 113. The standard InChI is InChI=1S/C22H30N2O4.C22H28N2O4.C21H26N2O4.C21H28N2O3.C18H22N2O3/c2*23-20(27)16-5-4-14-10-17-22(28)7-6-15(25)11-21(22,18(14)19(16)26)8-9-24(17)12-13-2-1-3-13;22-19(26)15-4-3-13-9-16-21(27)6-5-14(24)10-20(21,17(13)18(15)25)7-8-23(16)11-12-1-2-12;22-19(25)15-6-5-14-11-16-21(26)8-2-1-7-20(21,17(14)18(15)24)9-10-23(16)12-13-3-4-13;1-20-7-6-18-9-11(21)3-5-13(18)14(20)8-10-2-4-12(17(19)23)16(22)15(10)18/h4-5,13,15,17,25-26,28H,1-3,6-12H2,(H2,23,27);4-5,13,17,26,28H,1-3,6-12H2,(H2,23,27);3-4,12,16,25,27H,1-2,5-11H2,(H2,22,26);5-6,13,16,24,26H,1-4,7-12H2,(H2,22,25);2,4,13-14,22H,3,5-9H2,1H3,(H2,19,23). The SMILES string of the molecule is CN1CCC23CC(=O)CCC2C1Cc1ccc(C(N)=O)c(O)c13.NC(=O)c1ccc2c(c1O)C13CCCCC1(O)C(C2)N(CC1CC1)CC3.NC(=O)c1ccc2c(c1O)C13CCN(CC4CC4)C(C2)C1(O)CCC(=O)C3.NC(=O)c1ccc2c(c1O)C13CCN(CC4CCC4)C(C2)C1(O)CCC(=O)C3.NC(=O)c1ccc2c(c1O)C13CCN(CC4CCC4)C(C2)C1(O)CCC(O)C3. The van der Waals surface area contributed by atoms with Crippen LogP contribution in [0.1, 0.15) is 306 Å². The molecule has 16 atom stereocenters. The Labute approximate surface area is 770 Å². The van der Waals surface area contributed by atoms with E-state index in [2.05, 4.69) is 31.5 Å². The number of likely N-dealkylation sites (tertiary alicyclic amines) is 5. The van der Waals surface area contributed by atoms with Gasteiger partial charge in [0.05, 0.1) is 56.3 Å². The lowest BCUT2D eigenvalue weighted by Gasteiger charge is -2.64. The Balaban J connectivity index is 0.000000103. The van der Waals surface area contributed by atoms with Crippen molar-refractivity contribution in [2.45, 2.75) is 317 Å². The number of hydrogen-bond acceptors (Lipinski definition) is 23. The van der Waals surface area contributed by atoms with Gasteiger partial charge >= 0.3 is 0 Å². The number of ketones is 3. The Bertz CT molecular complexity index is 5570. The van der Waals surface area contributed by atoms with Crippen molar-refractivity contribution in [1.29, 1.82) is 0 Å². The average Bonchev–Trinajstić information content (AvgIpc) is 1.46. The van der Waals surface area contributed by atoms with E-state index in [1.165, 1.54) is 64.2 Å². The predicted molar refractivity (Wildman–Crippen MR) is 489 cm³/mol. The lowest BCUT2D eigenvalue weighted by atomic mass is 9.48. The number of Topliss-reactive ketones (excluding diaryl/α,β-unsaturated/α-hetero) is 3. The van der Waals surface area contributed by atoms with Gasteiger partial charge in [-0.2, -0.15) is 0 Å². The molecule has 14 fully saturated rings. The normalized spacial score (nSPS) is 35.6. The third-order valence-electron chi connectivity index (χ3n) is 37.9. The van der Waals surface area contributed by atoms with E-state index in [0.717, 1.165) is 173 Å². The number of benzene rings is 5. The number of aliphatic hydroxyl groups excluding tert-OH is 1. The van der Waals surface area contributed by atoms with Crippen molar-refractivity contribution < 1.29 is 89.4 Å². The number of likely N-dealkylation sites (N-methyl/N-ethyl adjacent to an activating group) is 1. The van der Waals surface area contributed by atoms with E-state index in [4.69, 9.17) is 28.7 Å². The van der Waals surface area contributed by atoms with Gasteiger partial charge in [0.15, 0.2) is 0 Å². The minimum atomic E-state index is -1.07. The topological polar surface area (TPSA) is 485 Å². The van der Waals surface area contributed by atoms with E-state index in [1.54, 1.807) is 30.3 Å². The van der Waals surface area contributed by atoms with Crippen LogP contribution < -0.4 is 28.7 Å². The van der Waals surface area contributed by atoms with Crippen molar-refractivity contribution in [3.63, 3.8) is 0 Å². The van der Waals surface area contributed by atoms with Crippen LogP contribution in [0.5, 0.6) is 28.7 Å². The zero-order chi connectivity index (χ0) is 92.8. The number of phenols is 5. The molecular weight excluding hydrogens is 1680 g/mol. The summed E-state index contributed by atoms with van der Waals surface area (Å²) in [5.41, 5.74) is 29.3. The summed E-state index contributed by atoms with van der Waals surface area (Å²) in [7, 11) is 2.15.